The monoisotopic (exact) mass is 146 g/mol. The van der Waals surface area contributed by atoms with Gasteiger partial charge in [0, 0.05) is 0 Å². The van der Waals surface area contributed by atoms with Crippen LogP contribution in [0.5, 0.6) is 0 Å². The molecule has 9 heavy (non-hydrogen) atoms. The van der Waals surface area contributed by atoms with E-state index >= 15 is 0 Å². The molecule has 1 heterocycles. The van der Waals surface area contributed by atoms with Crippen molar-refractivity contribution in [2.75, 3.05) is 12.8 Å². The van der Waals surface area contributed by atoms with E-state index in [4.69, 9.17) is 0 Å². The molecule has 0 aliphatic carbocycles. The summed E-state index contributed by atoms with van der Waals surface area (Å²) in [4.78, 5) is 0. The van der Waals surface area contributed by atoms with E-state index in [-0.39, 0.29) is 5.48 Å². The minimum absolute atomic E-state index is 0. The molecule has 2 heteroatoms. The zero-order valence-electron chi connectivity index (χ0n) is 6.31. The summed E-state index contributed by atoms with van der Waals surface area (Å²) >= 11 is 0. The molecule has 0 aromatic heterocycles. The number of rotatable bonds is 0. The fourth-order valence-corrected chi connectivity index (χ4v) is 3.31. The van der Waals surface area contributed by atoms with Crippen molar-refractivity contribution in [2.24, 2.45) is 5.92 Å². The maximum Gasteiger partial charge on any atom is -0.0189 e. The lowest BCUT2D eigenvalue weighted by molar-refractivity contribution is 0.795. The first kappa shape index (κ1) is 9.13. The van der Waals surface area contributed by atoms with Gasteiger partial charge in [-0.2, -0.15) is 0 Å². The van der Waals surface area contributed by atoms with Gasteiger partial charge in [-0.15, -0.1) is 0 Å². The normalized spacial score (nSPS) is 33.4. The van der Waals surface area contributed by atoms with Crippen molar-refractivity contribution < 1.29 is 5.48 Å². The summed E-state index contributed by atoms with van der Waals surface area (Å²) in [5.74, 6) is 3.33. The van der Waals surface area contributed by atoms with E-state index in [0.29, 0.717) is 7.92 Å². The second-order valence-electron chi connectivity index (χ2n) is 2.71. The fourth-order valence-electron chi connectivity index (χ4n) is 1.10. The summed E-state index contributed by atoms with van der Waals surface area (Å²) in [5.41, 5.74) is 1.61. The Balaban J connectivity index is 0.000000640. The summed E-state index contributed by atoms with van der Waals surface area (Å²) in [5, 5.41) is 0. The van der Waals surface area contributed by atoms with Gasteiger partial charge in [0.05, 0.1) is 0 Å². The predicted molar refractivity (Wildman–Crippen MR) is 44.2 cm³/mol. The Bertz CT molecular complexity index is 120. The van der Waals surface area contributed by atoms with Crippen LogP contribution in [0.1, 0.15) is 13.8 Å². The third-order valence-electron chi connectivity index (χ3n) is 1.76. The molecule has 0 saturated carbocycles. The summed E-state index contributed by atoms with van der Waals surface area (Å²) in [7, 11) is 0.294. The quantitative estimate of drug-likeness (QED) is 0.467. The van der Waals surface area contributed by atoms with Gasteiger partial charge < -0.3 is 5.48 Å². The fraction of sp³-hybridized carbons (Fsp3) is 0.714. The molecule has 0 spiro atoms. The van der Waals surface area contributed by atoms with Crippen molar-refractivity contribution in [3.63, 3.8) is 0 Å². The zero-order valence-corrected chi connectivity index (χ0v) is 7.20. The number of allylic oxidation sites excluding steroid dienone is 1. The predicted octanol–water partition coefficient (Wildman–Crippen LogP) is 1.83. The molecule has 0 saturated heterocycles. The second kappa shape index (κ2) is 3.34. The summed E-state index contributed by atoms with van der Waals surface area (Å²) in [6, 6.07) is 0. The Kier molecular flexibility index (Phi) is 3.38. The molecule has 1 aliphatic rings. The Labute approximate surface area is 58.2 Å². The minimum atomic E-state index is 0. The van der Waals surface area contributed by atoms with E-state index < -0.39 is 0 Å². The van der Waals surface area contributed by atoms with Gasteiger partial charge in [-0.3, -0.25) is 0 Å². The molecule has 0 amide bonds. The molecule has 54 valence electrons. The first-order valence-corrected chi connectivity index (χ1v) is 5.13. The smallest absolute Gasteiger partial charge is 0.0189 e. The van der Waals surface area contributed by atoms with Crippen LogP contribution >= 0.6 is 7.92 Å². The molecular weight excluding hydrogens is 131 g/mol. The van der Waals surface area contributed by atoms with Gasteiger partial charge in [0.25, 0.3) is 0 Å². The van der Waals surface area contributed by atoms with E-state index in [2.05, 4.69) is 26.3 Å². The highest BCUT2D eigenvalue weighted by molar-refractivity contribution is 7.60. The summed E-state index contributed by atoms with van der Waals surface area (Å²) in [6.45, 7) is 6.91. The second-order valence-corrected chi connectivity index (χ2v) is 4.85. The molecule has 0 aromatic rings. The Hall–Kier alpha value is 0.130. The number of hydrogen-bond acceptors (Lipinski definition) is 0. The summed E-state index contributed by atoms with van der Waals surface area (Å²) < 4.78 is 0. The van der Waals surface area contributed by atoms with E-state index in [1.807, 2.05) is 0 Å². The van der Waals surface area contributed by atoms with Crippen LogP contribution in [0.4, 0.5) is 0 Å². The van der Waals surface area contributed by atoms with Gasteiger partial charge in [-0.05, 0) is 25.7 Å². The highest BCUT2D eigenvalue weighted by Crippen LogP contribution is 2.44. The van der Waals surface area contributed by atoms with Crippen molar-refractivity contribution in [2.45, 2.75) is 13.8 Å². The maximum absolute atomic E-state index is 2.44. The van der Waals surface area contributed by atoms with Crippen molar-refractivity contribution in [1.29, 1.82) is 0 Å². The van der Waals surface area contributed by atoms with Gasteiger partial charge >= 0.3 is 0 Å². The first-order chi connectivity index (χ1) is 3.70. The lowest BCUT2D eigenvalue weighted by Gasteiger charge is -2.01. The maximum atomic E-state index is 2.44. The van der Waals surface area contributed by atoms with E-state index in [1.165, 1.54) is 6.16 Å². The van der Waals surface area contributed by atoms with Crippen LogP contribution in [0, 0.1) is 5.92 Å². The van der Waals surface area contributed by atoms with Crippen molar-refractivity contribution in [1.82, 2.24) is 0 Å². The van der Waals surface area contributed by atoms with Crippen molar-refractivity contribution >= 4 is 7.92 Å². The molecule has 1 rings (SSSR count). The van der Waals surface area contributed by atoms with Crippen LogP contribution in [-0.2, 0) is 0 Å². The molecule has 2 N–H and O–H groups in total. The van der Waals surface area contributed by atoms with Crippen LogP contribution in [0.3, 0.4) is 0 Å². The highest BCUT2D eigenvalue weighted by atomic mass is 31.1. The SMILES string of the molecule is CC1=CP(C)CC1C.O. The van der Waals surface area contributed by atoms with E-state index in [1.54, 1.807) is 5.57 Å². The van der Waals surface area contributed by atoms with Crippen molar-refractivity contribution in [3.8, 4) is 0 Å². The van der Waals surface area contributed by atoms with E-state index in [9.17, 15) is 0 Å². The Morgan fingerprint density at radius 2 is 2.22 bits per heavy atom. The Morgan fingerprint density at radius 3 is 2.33 bits per heavy atom. The first-order valence-electron chi connectivity index (χ1n) is 3.08. The van der Waals surface area contributed by atoms with E-state index in [0.717, 1.165) is 5.92 Å². The molecule has 2 unspecified atom stereocenters. The molecule has 0 fully saturated rings. The molecule has 1 nitrogen and oxygen atoms in total. The van der Waals surface area contributed by atoms with Crippen LogP contribution in [0.15, 0.2) is 11.4 Å². The van der Waals surface area contributed by atoms with Gasteiger partial charge in [0.15, 0.2) is 0 Å². The average molecular weight is 146 g/mol. The third kappa shape index (κ3) is 2.08. The topological polar surface area (TPSA) is 31.5 Å². The average Bonchev–Trinajstić information content (AvgIpc) is 1.85. The van der Waals surface area contributed by atoms with Crippen LogP contribution < -0.4 is 0 Å². The van der Waals surface area contributed by atoms with Crippen molar-refractivity contribution in [3.05, 3.63) is 11.4 Å². The van der Waals surface area contributed by atoms with Crippen LogP contribution in [-0.4, -0.2) is 18.3 Å². The van der Waals surface area contributed by atoms with Gasteiger partial charge in [-0.25, -0.2) is 0 Å². The third-order valence-corrected chi connectivity index (χ3v) is 3.73. The van der Waals surface area contributed by atoms with Crippen LogP contribution in [0.2, 0.25) is 0 Å². The lowest BCUT2D eigenvalue weighted by Crippen LogP contribution is -1.92. The van der Waals surface area contributed by atoms with Gasteiger partial charge in [0.1, 0.15) is 0 Å². The molecule has 0 aromatic carbocycles. The zero-order chi connectivity index (χ0) is 6.15. The highest BCUT2D eigenvalue weighted by Gasteiger charge is 2.14. The summed E-state index contributed by atoms with van der Waals surface area (Å²) in [6.07, 6.45) is 1.43. The molecule has 0 radical (unpaired) electrons. The molecular formula is C7H15OP. The number of hydrogen-bond donors (Lipinski definition) is 0. The van der Waals surface area contributed by atoms with Gasteiger partial charge in [0.2, 0.25) is 0 Å². The largest absolute Gasteiger partial charge is 0.412 e. The molecule has 0 bridgehead atoms. The lowest BCUT2D eigenvalue weighted by atomic mass is 10.1. The van der Waals surface area contributed by atoms with Gasteiger partial charge in [-0.1, -0.05) is 26.2 Å². The standard InChI is InChI=1S/C7H13P.H2O/c1-6-4-8(3)5-7(6)2;/h4,7H,5H2,1-3H3;1H2. The minimum Gasteiger partial charge on any atom is -0.412 e. The molecule has 1 aliphatic heterocycles. The van der Waals surface area contributed by atoms with Crippen LogP contribution in [0.25, 0.3) is 0 Å². The Morgan fingerprint density at radius 1 is 1.67 bits per heavy atom. The molecule has 2 atom stereocenters.